The zero-order valence-corrected chi connectivity index (χ0v) is 59.3. The van der Waals surface area contributed by atoms with Crippen molar-refractivity contribution in [3.63, 3.8) is 0 Å². The van der Waals surface area contributed by atoms with Gasteiger partial charge in [0.2, 0.25) is 34.1 Å². The van der Waals surface area contributed by atoms with Crippen LogP contribution in [0.4, 0.5) is 70.0 Å². The second kappa shape index (κ2) is 31.9. The van der Waals surface area contributed by atoms with E-state index in [-0.39, 0.29) is 52.8 Å². The van der Waals surface area contributed by atoms with Crippen molar-refractivity contribution in [3.8, 4) is 33.4 Å². The summed E-state index contributed by atoms with van der Waals surface area (Å²) < 4.78 is 36.7. The molecule has 9 aromatic heterocycles. The summed E-state index contributed by atoms with van der Waals surface area (Å²) in [4.78, 5) is 107. The quantitative estimate of drug-likeness (QED) is 0.0417. The van der Waals surface area contributed by atoms with Crippen molar-refractivity contribution in [2.24, 2.45) is 0 Å². The lowest BCUT2D eigenvalue weighted by Crippen LogP contribution is -2.36. The van der Waals surface area contributed by atoms with Crippen LogP contribution < -0.4 is 62.5 Å². The molecule has 4 fully saturated rings. The Bertz CT molecular complexity index is 5260. The van der Waals surface area contributed by atoms with Crippen LogP contribution in [0.15, 0.2) is 172 Å². The molecular formula is C74H71N15O12S3. The van der Waals surface area contributed by atoms with Gasteiger partial charge < -0.3 is 73.6 Å². The van der Waals surface area contributed by atoms with E-state index < -0.39 is 0 Å². The van der Waals surface area contributed by atoms with E-state index in [1.54, 1.807) is 61.9 Å². The number of nitrogens with one attached hydrogen (secondary N) is 5. The summed E-state index contributed by atoms with van der Waals surface area (Å²) in [6, 6.07) is 33.2. The fraction of sp³-hybridized carbons (Fsp3) is 0.270. The Labute approximate surface area is 606 Å². The molecule has 5 N–H and O–H groups in total. The average molecular weight is 1460 g/mol. The Hall–Kier alpha value is -11.3. The number of ketones is 3. The van der Waals surface area contributed by atoms with Gasteiger partial charge >= 0.3 is 0 Å². The van der Waals surface area contributed by atoms with Gasteiger partial charge in [0.1, 0.15) is 43.4 Å². The summed E-state index contributed by atoms with van der Waals surface area (Å²) in [5.74, 6) is 5.21. The predicted molar refractivity (Wildman–Crippen MR) is 407 cm³/mol. The minimum absolute atomic E-state index is 0.0255. The van der Waals surface area contributed by atoms with Gasteiger partial charge in [-0.1, -0.05) is 43.3 Å². The monoisotopic (exact) mass is 1460 g/mol. The van der Waals surface area contributed by atoms with E-state index in [0.29, 0.717) is 170 Å². The third-order valence-electron chi connectivity index (χ3n) is 17.3. The summed E-state index contributed by atoms with van der Waals surface area (Å²) in [6.07, 6.45) is 5.42. The molecule has 30 heteroatoms. The van der Waals surface area contributed by atoms with Crippen molar-refractivity contribution in [3.05, 3.63) is 175 Å². The number of anilines is 12. The molecule has 12 aromatic rings. The number of aromatic nitrogens is 6. The number of thiophene rings is 3. The van der Waals surface area contributed by atoms with Crippen LogP contribution >= 0.6 is 34.0 Å². The number of rotatable bonds is 21. The Morgan fingerprint density at radius 1 is 0.471 bits per heavy atom. The van der Waals surface area contributed by atoms with Crippen LogP contribution in [0.1, 0.15) is 27.2 Å². The zero-order valence-electron chi connectivity index (χ0n) is 56.8. The number of ether oxygens (including phenoxy) is 3. The summed E-state index contributed by atoms with van der Waals surface area (Å²) >= 11 is 4.18. The molecule has 0 radical (unpaired) electrons. The third kappa shape index (κ3) is 16.6. The van der Waals surface area contributed by atoms with E-state index in [1.165, 1.54) is 40.9 Å². The number of carbonyl (C=O) groups is 3. The number of Topliss-reactive ketones (excluding diaryl/α,β-unsaturated/α-hetero) is 3. The third-order valence-corrected chi connectivity index (χ3v) is 20.3. The molecule has 1 unspecified atom stereocenters. The molecule has 0 amide bonds. The van der Waals surface area contributed by atoms with Gasteiger partial charge in [-0.3, -0.25) is 28.8 Å². The first-order valence-corrected chi connectivity index (χ1v) is 36.4. The molecule has 16 rings (SSSR count). The maximum Gasteiger partial charge on any atom is 0.229 e. The molecule has 104 heavy (non-hydrogen) atoms. The minimum Gasteiger partial charge on any atom is -0.439 e. The highest BCUT2D eigenvalue weighted by Crippen LogP contribution is 2.39. The van der Waals surface area contributed by atoms with Crippen LogP contribution in [0.2, 0.25) is 0 Å². The first-order valence-electron chi connectivity index (χ1n) is 33.8. The van der Waals surface area contributed by atoms with Gasteiger partial charge in [0.05, 0.1) is 52.7 Å². The molecule has 4 aliphatic rings. The van der Waals surface area contributed by atoms with E-state index in [4.69, 9.17) is 27.5 Å². The second-order valence-electron chi connectivity index (χ2n) is 24.5. The Morgan fingerprint density at radius 3 is 1.17 bits per heavy atom. The standard InChI is InChI=1S/C25H23N5O4S.C25H25N5O4S.C24H23N5O4S/c1-15(31)19-13-30(19)21-6-7-26-25(28-21)27-17-4-2-16(3-5-17)18-14-35-24-20(32)12-22(34-23(18)24)29-8-10-33-11-9-29;1-2-18(31)14-27-21-7-8-26-25(29-21)28-17-5-3-16(4-6-17)19-15-35-24-20(32)13-22(34-23(19)24)30-9-11-33-12-10-30;1-15(30)13-26-20-6-7-25-24(28-20)27-17-4-2-16(3-5-17)18-14-34-23-19(31)12-21(33-22(18)23)29-8-10-32-11-9-29/h2-7,12,14,19H,8-11,13H2,1H3,(H,26,27,28);3-8,13,15H,2,9-12,14H2,1H3,(H2,26,27,28,29);2-7,12,14H,8-11,13H2,1H3,(H2,25,26,27,28). The second-order valence-corrected chi connectivity index (χ2v) is 27.2. The highest BCUT2D eigenvalue weighted by molar-refractivity contribution is 7.18. The van der Waals surface area contributed by atoms with Crippen LogP contribution in [0.5, 0.6) is 0 Å². The summed E-state index contributed by atoms with van der Waals surface area (Å²) in [5, 5.41) is 21.4. The van der Waals surface area contributed by atoms with E-state index >= 15 is 0 Å². The maximum absolute atomic E-state index is 12.7. The summed E-state index contributed by atoms with van der Waals surface area (Å²) in [6.45, 7) is 14.0. The lowest BCUT2D eigenvalue weighted by atomic mass is 10.1. The largest absolute Gasteiger partial charge is 0.439 e. The highest BCUT2D eigenvalue weighted by atomic mass is 32.1. The van der Waals surface area contributed by atoms with Crippen molar-refractivity contribution in [1.82, 2.24) is 29.9 Å². The van der Waals surface area contributed by atoms with Crippen LogP contribution in [0, 0.1) is 0 Å². The lowest BCUT2D eigenvalue weighted by Gasteiger charge is -2.27. The molecule has 4 saturated heterocycles. The molecule has 3 aromatic carbocycles. The molecule has 0 saturated carbocycles. The average Bonchev–Trinajstić information content (AvgIpc) is 1.63. The summed E-state index contributed by atoms with van der Waals surface area (Å²) in [7, 11) is 0. The van der Waals surface area contributed by atoms with Gasteiger partial charge in [-0.25, -0.2) is 15.0 Å². The SMILES string of the molecule is CC(=O)C1CN1c1ccnc(Nc2ccc(-c3csc4c(=O)cc(N5CCOCC5)oc34)cc2)n1.CC(=O)CNc1ccnc(Nc2ccc(-c3csc4c(=O)cc(N5CCOCC5)oc34)cc2)n1.CCC(=O)CNc1ccnc(Nc2ccc(-c3csc4c(=O)cc(N5CCOCC5)oc34)cc2)n1. The molecule has 0 spiro atoms. The van der Waals surface area contributed by atoms with Crippen molar-refractivity contribution in [2.75, 3.05) is 145 Å². The lowest BCUT2D eigenvalue weighted by molar-refractivity contribution is -0.117. The van der Waals surface area contributed by atoms with E-state index in [1.807, 2.05) is 115 Å². The Morgan fingerprint density at radius 2 is 0.827 bits per heavy atom. The fourth-order valence-electron chi connectivity index (χ4n) is 11.7. The highest BCUT2D eigenvalue weighted by Gasteiger charge is 2.39. The van der Waals surface area contributed by atoms with Crippen LogP contribution in [0.3, 0.4) is 0 Å². The Balaban J connectivity index is 0.000000132. The molecular weight excluding hydrogens is 1390 g/mol. The number of hydrogen-bond acceptors (Lipinski definition) is 30. The van der Waals surface area contributed by atoms with Crippen molar-refractivity contribution in [2.45, 2.75) is 33.2 Å². The molecule has 1 atom stereocenters. The Kier molecular flexibility index (Phi) is 21.4. The van der Waals surface area contributed by atoms with Crippen LogP contribution in [-0.2, 0) is 28.6 Å². The molecule has 13 heterocycles. The predicted octanol–water partition coefficient (Wildman–Crippen LogP) is 11.8. The molecule has 27 nitrogen and oxygen atoms in total. The van der Waals surface area contributed by atoms with Crippen LogP contribution in [0.25, 0.3) is 64.2 Å². The van der Waals surface area contributed by atoms with Gasteiger partial charge in [0, 0.05) is 139 Å². The number of hydrogen-bond donors (Lipinski definition) is 5. The van der Waals surface area contributed by atoms with Crippen molar-refractivity contribution >= 4 is 152 Å². The molecule has 532 valence electrons. The van der Waals surface area contributed by atoms with Crippen molar-refractivity contribution < 1.29 is 41.8 Å². The number of morpholine rings is 3. The first-order chi connectivity index (χ1) is 50.7. The number of fused-ring (bicyclic) bond motifs is 3. The maximum atomic E-state index is 12.7. The number of nitrogens with zero attached hydrogens (tertiary/aromatic N) is 10. The molecule has 4 aliphatic heterocycles. The van der Waals surface area contributed by atoms with Gasteiger partial charge in [-0.2, -0.15) is 15.0 Å². The molecule has 0 aliphatic carbocycles. The van der Waals surface area contributed by atoms with Gasteiger partial charge in [0.15, 0.2) is 46.0 Å². The molecule has 0 bridgehead atoms. The van der Waals surface area contributed by atoms with Gasteiger partial charge in [-0.15, -0.1) is 34.0 Å². The topological polar surface area (TPSA) is 320 Å². The van der Waals surface area contributed by atoms with E-state index in [2.05, 4.69) is 56.5 Å². The van der Waals surface area contributed by atoms with Gasteiger partial charge in [0.25, 0.3) is 0 Å². The fourth-order valence-corrected chi connectivity index (χ4v) is 14.4. The summed E-state index contributed by atoms with van der Waals surface area (Å²) in [5.41, 5.74) is 9.65. The van der Waals surface area contributed by atoms with Crippen LogP contribution in [-0.4, -0.2) is 152 Å². The smallest absolute Gasteiger partial charge is 0.229 e. The van der Waals surface area contributed by atoms with Gasteiger partial charge in [-0.05, 0) is 85.1 Å². The number of carbonyl (C=O) groups excluding carboxylic acids is 3. The van der Waals surface area contributed by atoms with Crippen molar-refractivity contribution in [1.29, 1.82) is 0 Å². The zero-order chi connectivity index (χ0) is 71.6. The van der Waals surface area contributed by atoms with E-state index in [9.17, 15) is 28.8 Å². The normalized spacial score (nSPS) is 15.0. The first kappa shape index (κ1) is 69.8. The van der Waals surface area contributed by atoms with E-state index in [0.717, 1.165) is 56.3 Å². The number of benzene rings is 3. The minimum atomic E-state index is -0.0821.